The van der Waals surface area contributed by atoms with Crippen LogP contribution in [-0.4, -0.2) is 17.1 Å². The zero-order valence-electron chi connectivity index (χ0n) is 11.3. The number of hydrogen-bond acceptors (Lipinski definition) is 4. The smallest absolute Gasteiger partial charge is 0.154 e. The van der Waals surface area contributed by atoms with Crippen molar-refractivity contribution < 1.29 is 9.15 Å². The van der Waals surface area contributed by atoms with Gasteiger partial charge in [-0.3, -0.25) is 4.98 Å². The molecule has 0 atom stereocenters. The predicted octanol–water partition coefficient (Wildman–Crippen LogP) is 3.72. The quantitative estimate of drug-likeness (QED) is 0.725. The normalized spacial score (nSPS) is 10.5. The largest absolute Gasteiger partial charge is 0.497 e. The van der Waals surface area contributed by atoms with Gasteiger partial charge in [-0.15, -0.1) is 0 Å². The number of aromatic nitrogens is 2. The Kier molecular flexibility index (Phi) is 3.21. The van der Waals surface area contributed by atoms with Crippen LogP contribution in [0.5, 0.6) is 5.75 Å². The van der Waals surface area contributed by atoms with Crippen LogP contribution in [0, 0.1) is 6.92 Å². The van der Waals surface area contributed by atoms with Gasteiger partial charge in [-0.1, -0.05) is 0 Å². The molecule has 0 saturated heterocycles. The number of benzene rings is 1. The van der Waals surface area contributed by atoms with Gasteiger partial charge in [-0.05, 0) is 43.3 Å². The summed E-state index contributed by atoms with van der Waals surface area (Å²) in [6.45, 7) is 1.91. The topological polar surface area (TPSA) is 48.2 Å². The summed E-state index contributed by atoms with van der Waals surface area (Å²) >= 11 is 0. The third-order valence-corrected chi connectivity index (χ3v) is 3.03. The SMILES string of the molecule is COc1ccc(-c2cnc(-c3ccc(C)o3)cn2)cc1. The number of hydrogen-bond donors (Lipinski definition) is 0. The van der Waals surface area contributed by atoms with Crippen molar-refractivity contribution in [2.24, 2.45) is 0 Å². The fourth-order valence-corrected chi connectivity index (χ4v) is 1.94. The lowest BCUT2D eigenvalue weighted by Gasteiger charge is -2.03. The third-order valence-electron chi connectivity index (χ3n) is 3.03. The van der Waals surface area contributed by atoms with Gasteiger partial charge in [-0.25, -0.2) is 4.98 Å². The lowest BCUT2D eigenvalue weighted by Crippen LogP contribution is -1.89. The van der Waals surface area contributed by atoms with Crippen molar-refractivity contribution in [3.8, 4) is 28.5 Å². The molecule has 20 heavy (non-hydrogen) atoms. The molecule has 100 valence electrons. The van der Waals surface area contributed by atoms with Gasteiger partial charge >= 0.3 is 0 Å². The molecule has 0 N–H and O–H groups in total. The summed E-state index contributed by atoms with van der Waals surface area (Å²) in [7, 11) is 1.65. The van der Waals surface area contributed by atoms with Crippen LogP contribution in [0.25, 0.3) is 22.7 Å². The molecule has 3 aromatic rings. The summed E-state index contributed by atoms with van der Waals surface area (Å²) in [6, 6.07) is 11.5. The summed E-state index contributed by atoms with van der Waals surface area (Å²) in [4.78, 5) is 8.82. The molecule has 0 aliphatic rings. The second-order valence-electron chi connectivity index (χ2n) is 4.43. The summed E-state index contributed by atoms with van der Waals surface area (Å²) < 4.78 is 10.7. The molecule has 0 fully saturated rings. The molecule has 2 aromatic heterocycles. The van der Waals surface area contributed by atoms with Crippen molar-refractivity contribution in [3.63, 3.8) is 0 Å². The second kappa shape index (κ2) is 5.17. The zero-order chi connectivity index (χ0) is 13.9. The Bertz CT molecular complexity index is 700. The molecule has 0 radical (unpaired) electrons. The maximum Gasteiger partial charge on any atom is 0.154 e. The van der Waals surface area contributed by atoms with Crippen molar-refractivity contribution in [2.45, 2.75) is 6.92 Å². The molecule has 0 aliphatic carbocycles. The fourth-order valence-electron chi connectivity index (χ4n) is 1.94. The van der Waals surface area contributed by atoms with Crippen molar-refractivity contribution in [1.29, 1.82) is 0 Å². The van der Waals surface area contributed by atoms with E-state index in [0.29, 0.717) is 0 Å². The molecule has 0 unspecified atom stereocenters. The maximum absolute atomic E-state index is 5.53. The van der Waals surface area contributed by atoms with Gasteiger partial charge in [0.15, 0.2) is 5.76 Å². The number of methoxy groups -OCH3 is 1. The van der Waals surface area contributed by atoms with Gasteiger partial charge in [-0.2, -0.15) is 0 Å². The van der Waals surface area contributed by atoms with Crippen molar-refractivity contribution >= 4 is 0 Å². The van der Waals surface area contributed by atoms with Crippen molar-refractivity contribution in [3.05, 3.63) is 54.6 Å². The lowest BCUT2D eigenvalue weighted by molar-refractivity contribution is 0.415. The van der Waals surface area contributed by atoms with Crippen LogP contribution in [0.1, 0.15) is 5.76 Å². The van der Waals surface area contributed by atoms with E-state index in [9.17, 15) is 0 Å². The first-order chi connectivity index (χ1) is 9.76. The molecule has 1 aromatic carbocycles. The van der Waals surface area contributed by atoms with Crippen LogP contribution >= 0.6 is 0 Å². The first-order valence-corrected chi connectivity index (χ1v) is 6.29. The first kappa shape index (κ1) is 12.4. The number of aryl methyl sites for hydroxylation is 1. The maximum atomic E-state index is 5.53. The van der Waals surface area contributed by atoms with Gasteiger partial charge in [0.25, 0.3) is 0 Å². The summed E-state index contributed by atoms with van der Waals surface area (Å²) in [6.07, 6.45) is 3.47. The standard InChI is InChI=1S/C16H14N2O2/c1-11-3-8-16(20-11)15-10-17-14(9-18-15)12-4-6-13(19-2)7-5-12/h3-10H,1-2H3. The van der Waals surface area contributed by atoms with Gasteiger partial charge in [0, 0.05) is 5.56 Å². The number of nitrogens with zero attached hydrogens (tertiary/aromatic N) is 2. The van der Waals surface area contributed by atoms with Crippen molar-refractivity contribution in [2.75, 3.05) is 7.11 Å². The molecular formula is C16H14N2O2. The average Bonchev–Trinajstić information content (AvgIpc) is 2.94. The number of rotatable bonds is 3. The summed E-state index contributed by atoms with van der Waals surface area (Å²) in [5.41, 5.74) is 2.55. The van der Waals surface area contributed by atoms with Crippen molar-refractivity contribution in [1.82, 2.24) is 9.97 Å². The minimum absolute atomic E-state index is 0.732. The molecule has 0 amide bonds. The van der Waals surface area contributed by atoms with E-state index in [4.69, 9.17) is 9.15 Å². The van der Waals surface area contributed by atoms with E-state index in [2.05, 4.69) is 9.97 Å². The molecule has 0 aliphatic heterocycles. The first-order valence-electron chi connectivity index (χ1n) is 6.29. The molecule has 0 bridgehead atoms. The molecular weight excluding hydrogens is 252 g/mol. The highest BCUT2D eigenvalue weighted by Crippen LogP contribution is 2.23. The van der Waals surface area contributed by atoms with Gasteiger partial charge < -0.3 is 9.15 Å². The molecule has 3 rings (SSSR count). The lowest BCUT2D eigenvalue weighted by atomic mass is 10.1. The fraction of sp³-hybridized carbons (Fsp3) is 0.125. The predicted molar refractivity (Wildman–Crippen MR) is 76.5 cm³/mol. The van der Waals surface area contributed by atoms with Gasteiger partial charge in [0.1, 0.15) is 17.2 Å². The summed E-state index contributed by atoms with van der Waals surface area (Å²) in [5.74, 6) is 2.42. The van der Waals surface area contributed by atoms with Crippen LogP contribution in [-0.2, 0) is 0 Å². The highest BCUT2D eigenvalue weighted by Gasteiger charge is 2.06. The van der Waals surface area contributed by atoms with Crippen LogP contribution in [0.3, 0.4) is 0 Å². The number of ether oxygens (including phenoxy) is 1. The number of furan rings is 1. The highest BCUT2D eigenvalue weighted by atomic mass is 16.5. The summed E-state index contributed by atoms with van der Waals surface area (Å²) in [5, 5.41) is 0. The minimum Gasteiger partial charge on any atom is -0.497 e. The Morgan fingerprint density at radius 2 is 1.60 bits per heavy atom. The monoisotopic (exact) mass is 266 g/mol. The Morgan fingerprint density at radius 1 is 0.900 bits per heavy atom. The second-order valence-corrected chi connectivity index (χ2v) is 4.43. The van der Waals surface area contributed by atoms with E-state index in [1.807, 2.05) is 43.3 Å². The Balaban J connectivity index is 1.88. The van der Waals surface area contributed by atoms with E-state index >= 15 is 0 Å². The molecule has 4 nitrogen and oxygen atoms in total. The van der Waals surface area contributed by atoms with Crippen LogP contribution in [0.15, 0.2) is 53.2 Å². The van der Waals surface area contributed by atoms with Gasteiger partial charge in [0.2, 0.25) is 0 Å². The van der Waals surface area contributed by atoms with Gasteiger partial charge in [0.05, 0.1) is 25.2 Å². The van der Waals surface area contributed by atoms with E-state index in [1.54, 1.807) is 19.5 Å². The van der Waals surface area contributed by atoms with Crippen LogP contribution in [0.2, 0.25) is 0 Å². The molecule has 2 heterocycles. The van der Waals surface area contributed by atoms with E-state index in [0.717, 1.165) is 34.2 Å². The third kappa shape index (κ3) is 2.40. The van der Waals surface area contributed by atoms with E-state index in [1.165, 1.54) is 0 Å². The molecule has 4 heteroatoms. The van der Waals surface area contributed by atoms with Crippen LogP contribution in [0.4, 0.5) is 0 Å². The molecule has 0 saturated carbocycles. The van der Waals surface area contributed by atoms with E-state index < -0.39 is 0 Å². The Labute approximate surface area is 117 Å². The minimum atomic E-state index is 0.732. The molecule has 0 spiro atoms. The highest BCUT2D eigenvalue weighted by molar-refractivity contribution is 5.61. The average molecular weight is 266 g/mol. The zero-order valence-corrected chi connectivity index (χ0v) is 11.3. The Morgan fingerprint density at radius 3 is 2.15 bits per heavy atom. The van der Waals surface area contributed by atoms with E-state index in [-0.39, 0.29) is 0 Å². The Hall–Kier alpha value is -2.62. The van der Waals surface area contributed by atoms with Crippen LogP contribution < -0.4 is 4.74 Å².